The summed E-state index contributed by atoms with van der Waals surface area (Å²) in [7, 11) is 0. The second-order valence-corrected chi connectivity index (χ2v) is 16.2. The maximum absolute atomic E-state index is 13.9. The molecule has 2 heterocycles. The summed E-state index contributed by atoms with van der Waals surface area (Å²) in [4.78, 5) is 40.8. The molecular weight excluding hydrogens is 873 g/mol. The van der Waals surface area contributed by atoms with Crippen molar-refractivity contribution >= 4 is 17.9 Å². The third-order valence-corrected chi connectivity index (χ3v) is 11.4. The molecule has 10 atom stereocenters. The number of aliphatic hydroxyl groups excluding tert-OH is 2. The predicted octanol–water partition coefficient (Wildman–Crippen LogP) is 6.87. The molecule has 2 aliphatic heterocycles. The van der Waals surface area contributed by atoms with Crippen LogP contribution in [0.3, 0.4) is 0 Å². The highest BCUT2D eigenvalue weighted by atomic mass is 16.8. The minimum absolute atomic E-state index is 0.0252. The average molecular weight is 925 g/mol. The van der Waals surface area contributed by atoms with Gasteiger partial charge in [-0.15, -0.1) is 0 Å². The Balaban J connectivity index is 1.13. The molecule has 0 aromatic heterocycles. The van der Waals surface area contributed by atoms with Crippen molar-refractivity contribution in [1.29, 1.82) is 0 Å². The van der Waals surface area contributed by atoms with E-state index >= 15 is 0 Å². The Morgan fingerprint density at radius 2 is 0.838 bits per heavy atom. The quantitative estimate of drug-likeness (QED) is 0.0636. The van der Waals surface area contributed by atoms with Gasteiger partial charge in [0.25, 0.3) is 0 Å². The molecule has 0 bridgehead atoms. The zero-order chi connectivity index (χ0) is 47.1. The standard InChI is InChI=1S/C54H52O14/c55-44-45(66-51(57)40-27-15-5-16-28-40)43(35-63-50(56)39-25-13-4-14-26-39)65-54(47(44)67-52(58)41-29-17-6-18-30-41)68-49-48(62-33-38-23-11-3-12-24-38)46(61-32-37-21-9-2-10-22-37)42(64-53(49)59)34-60-31-36-19-7-1-8-20-36/h1-30,42-49,53-55,59H,31-35H2/t42?,43?,44-,45+,46+,47?,48-,49?,53-,54+/m0/s1. The first-order valence-electron chi connectivity index (χ1n) is 22.3. The number of benzene rings is 6. The third-order valence-electron chi connectivity index (χ3n) is 11.4. The van der Waals surface area contributed by atoms with Crippen LogP contribution in [0.2, 0.25) is 0 Å². The molecule has 2 fully saturated rings. The van der Waals surface area contributed by atoms with Crippen molar-refractivity contribution in [2.75, 3.05) is 13.2 Å². The van der Waals surface area contributed by atoms with Crippen LogP contribution in [0.15, 0.2) is 182 Å². The normalized spacial score (nSPS) is 24.6. The zero-order valence-corrected chi connectivity index (χ0v) is 36.9. The number of carbonyl (C=O) groups is 3. The van der Waals surface area contributed by atoms with Gasteiger partial charge >= 0.3 is 17.9 Å². The first kappa shape index (κ1) is 47.9. The Morgan fingerprint density at radius 3 is 1.34 bits per heavy atom. The summed E-state index contributed by atoms with van der Waals surface area (Å²) >= 11 is 0. The van der Waals surface area contributed by atoms with Crippen molar-refractivity contribution in [3.63, 3.8) is 0 Å². The van der Waals surface area contributed by atoms with Crippen LogP contribution < -0.4 is 0 Å². The summed E-state index contributed by atoms with van der Waals surface area (Å²) in [6.07, 6.45) is -14.6. The van der Waals surface area contributed by atoms with Crippen molar-refractivity contribution in [3.8, 4) is 0 Å². The van der Waals surface area contributed by atoms with Crippen molar-refractivity contribution in [1.82, 2.24) is 0 Å². The van der Waals surface area contributed by atoms with Crippen molar-refractivity contribution < 1.29 is 67.2 Å². The molecule has 352 valence electrons. The van der Waals surface area contributed by atoms with E-state index < -0.39 is 85.9 Å². The zero-order valence-electron chi connectivity index (χ0n) is 36.9. The molecule has 6 aromatic rings. The molecule has 68 heavy (non-hydrogen) atoms. The molecule has 2 saturated heterocycles. The van der Waals surface area contributed by atoms with E-state index in [1.165, 1.54) is 24.3 Å². The van der Waals surface area contributed by atoms with Gasteiger partial charge in [0.1, 0.15) is 43.2 Å². The number of hydrogen-bond donors (Lipinski definition) is 2. The Labute approximate surface area is 393 Å². The number of esters is 3. The van der Waals surface area contributed by atoms with Gasteiger partial charge in [0.05, 0.1) is 43.1 Å². The number of hydrogen-bond acceptors (Lipinski definition) is 14. The number of rotatable bonds is 19. The Hall–Kier alpha value is -6.59. The number of carbonyl (C=O) groups excluding carboxylic acids is 3. The fourth-order valence-corrected chi connectivity index (χ4v) is 7.88. The Kier molecular flexibility index (Phi) is 16.8. The maximum Gasteiger partial charge on any atom is 0.338 e. The molecular formula is C54H52O14. The summed E-state index contributed by atoms with van der Waals surface area (Å²) in [5, 5.41) is 24.4. The molecule has 2 aliphatic rings. The summed E-state index contributed by atoms with van der Waals surface area (Å²) in [6.45, 7) is -0.193. The van der Waals surface area contributed by atoms with Crippen LogP contribution in [0.1, 0.15) is 47.8 Å². The van der Waals surface area contributed by atoms with Gasteiger partial charge < -0.3 is 52.8 Å². The molecule has 0 aliphatic carbocycles. The van der Waals surface area contributed by atoms with Gasteiger partial charge in [0.2, 0.25) is 0 Å². The van der Waals surface area contributed by atoms with Crippen LogP contribution in [-0.4, -0.2) is 103 Å². The average Bonchev–Trinajstić information content (AvgIpc) is 3.39. The summed E-state index contributed by atoms with van der Waals surface area (Å²) in [5.74, 6) is -2.43. The van der Waals surface area contributed by atoms with Crippen LogP contribution in [0.25, 0.3) is 0 Å². The van der Waals surface area contributed by atoms with E-state index in [0.29, 0.717) is 0 Å². The Bertz CT molecular complexity index is 2460. The molecule has 0 amide bonds. The molecule has 14 nitrogen and oxygen atoms in total. The monoisotopic (exact) mass is 924 g/mol. The predicted molar refractivity (Wildman–Crippen MR) is 245 cm³/mol. The van der Waals surface area contributed by atoms with Crippen LogP contribution >= 0.6 is 0 Å². The van der Waals surface area contributed by atoms with E-state index in [4.69, 9.17) is 42.6 Å². The van der Waals surface area contributed by atoms with E-state index in [1.807, 2.05) is 91.0 Å². The van der Waals surface area contributed by atoms with Gasteiger partial charge in [-0.2, -0.15) is 0 Å². The van der Waals surface area contributed by atoms with Crippen LogP contribution in [0.4, 0.5) is 0 Å². The van der Waals surface area contributed by atoms with E-state index in [-0.39, 0.29) is 43.1 Å². The molecule has 8 rings (SSSR count). The lowest BCUT2D eigenvalue weighted by Crippen LogP contribution is -2.66. The van der Waals surface area contributed by atoms with Gasteiger partial charge in [-0.1, -0.05) is 146 Å². The second kappa shape index (κ2) is 23.9. The van der Waals surface area contributed by atoms with E-state index in [9.17, 15) is 24.6 Å². The van der Waals surface area contributed by atoms with Gasteiger partial charge in [0, 0.05) is 0 Å². The molecule has 14 heteroatoms. The molecule has 4 unspecified atom stereocenters. The molecule has 0 saturated carbocycles. The molecule has 0 radical (unpaired) electrons. The summed E-state index contributed by atoms with van der Waals surface area (Å²) in [5.41, 5.74) is 3.08. The number of aliphatic hydroxyl groups is 2. The van der Waals surface area contributed by atoms with Crippen LogP contribution in [0.5, 0.6) is 0 Å². The molecule has 0 spiro atoms. The van der Waals surface area contributed by atoms with Gasteiger partial charge in [0.15, 0.2) is 24.8 Å². The highest BCUT2D eigenvalue weighted by Crippen LogP contribution is 2.35. The lowest BCUT2D eigenvalue weighted by atomic mass is 9.96. The lowest BCUT2D eigenvalue weighted by molar-refractivity contribution is -0.368. The first-order chi connectivity index (χ1) is 33.3. The highest BCUT2D eigenvalue weighted by Gasteiger charge is 2.55. The first-order valence-corrected chi connectivity index (χ1v) is 22.3. The van der Waals surface area contributed by atoms with Crippen molar-refractivity contribution in [2.24, 2.45) is 0 Å². The summed E-state index contributed by atoms with van der Waals surface area (Å²) < 4.78 is 56.6. The van der Waals surface area contributed by atoms with Crippen LogP contribution in [0, 0.1) is 0 Å². The van der Waals surface area contributed by atoms with Crippen LogP contribution in [-0.2, 0) is 62.5 Å². The van der Waals surface area contributed by atoms with E-state index in [1.54, 1.807) is 66.7 Å². The number of ether oxygens (including phenoxy) is 9. The topological polar surface area (TPSA) is 175 Å². The van der Waals surface area contributed by atoms with Crippen molar-refractivity contribution in [2.45, 2.75) is 81.2 Å². The maximum atomic E-state index is 13.9. The molecule has 2 N–H and O–H groups in total. The molecule has 6 aromatic carbocycles. The smallest absolute Gasteiger partial charge is 0.338 e. The second-order valence-electron chi connectivity index (χ2n) is 16.2. The third kappa shape index (κ3) is 12.7. The minimum atomic E-state index is -1.86. The Morgan fingerprint density at radius 1 is 0.426 bits per heavy atom. The van der Waals surface area contributed by atoms with Gasteiger partial charge in [-0.3, -0.25) is 0 Å². The fraction of sp³-hybridized carbons (Fsp3) is 0.278. The summed E-state index contributed by atoms with van der Waals surface area (Å²) in [6, 6.07) is 52.7. The van der Waals surface area contributed by atoms with E-state index in [2.05, 4.69) is 0 Å². The SMILES string of the molecule is O=C(OCC1O[C@H](OC2[C@@H](OCc3ccccc3)[C@H](OCc3ccccc3)C(COCc3ccccc3)O[C@@H]2O)C(OC(=O)c2ccccc2)[C@@H](O)[C@@H]1OC(=O)c1ccccc1)c1ccccc1. The van der Waals surface area contributed by atoms with Crippen molar-refractivity contribution in [3.05, 3.63) is 215 Å². The fourth-order valence-electron chi connectivity index (χ4n) is 7.88. The van der Waals surface area contributed by atoms with Gasteiger partial charge in [-0.05, 0) is 53.1 Å². The lowest BCUT2D eigenvalue weighted by Gasteiger charge is -2.48. The largest absolute Gasteiger partial charge is 0.459 e. The minimum Gasteiger partial charge on any atom is -0.459 e. The van der Waals surface area contributed by atoms with Gasteiger partial charge in [-0.25, -0.2) is 14.4 Å². The van der Waals surface area contributed by atoms with E-state index in [0.717, 1.165) is 16.7 Å². The highest BCUT2D eigenvalue weighted by molar-refractivity contribution is 5.90.